The number of carbonyl (C=O) groups excluding carboxylic acids is 1. The summed E-state index contributed by atoms with van der Waals surface area (Å²) in [4.78, 5) is 12.3. The third kappa shape index (κ3) is 3.72. The van der Waals surface area contributed by atoms with Crippen molar-refractivity contribution >= 4 is 23.2 Å². The molecule has 2 fully saturated rings. The van der Waals surface area contributed by atoms with Gasteiger partial charge in [-0.1, -0.05) is 11.6 Å². The molecule has 0 radical (unpaired) electrons. The predicted octanol–water partition coefficient (Wildman–Crippen LogP) is 3.22. The van der Waals surface area contributed by atoms with E-state index in [2.05, 4.69) is 10.6 Å². The molecule has 6 heteroatoms. The van der Waals surface area contributed by atoms with Crippen LogP contribution in [0.15, 0.2) is 12.1 Å². The van der Waals surface area contributed by atoms with E-state index in [1.807, 2.05) is 6.07 Å². The Morgan fingerprint density at radius 3 is 2.38 bits per heavy atom. The molecule has 24 heavy (non-hydrogen) atoms. The number of amides is 1. The van der Waals surface area contributed by atoms with Crippen molar-refractivity contribution in [1.82, 2.24) is 5.32 Å². The van der Waals surface area contributed by atoms with Crippen LogP contribution in [-0.4, -0.2) is 31.7 Å². The molecule has 0 atom stereocenters. The standard InChI is InChI=1S/C18H23ClN2O3/c19-13-8-15-16(24-7-1-6-23-15)9-14(13)20-10-17(22)21-18(11-2-3-11)12-4-5-12/h8-9,11-12,18,20H,1-7,10H2,(H,21,22). The predicted molar refractivity (Wildman–Crippen MR) is 92.9 cm³/mol. The second-order valence-corrected chi connectivity index (χ2v) is 7.36. The first-order valence-corrected chi connectivity index (χ1v) is 9.21. The molecule has 130 valence electrons. The maximum absolute atomic E-state index is 12.3. The maximum Gasteiger partial charge on any atom is 0.239 e. The number of fused-ring (bicyclic) bond motifs is 1. The molecule has 2 N–H and O–H groups in total. The number of benzene rings is 1. The van der Waals surface area contributed by atoms with Crippen molar-refractivity contribution in [3.05, 3.63) is 17.2 Å². The Kier molecular flexibility index (Phi) is 4.44. The lowest BCUT2D eigenvalue weighted by Crippen LogP contribution is -2.41. The van der Waals surface area contributed by atoms with E-state index in [9.17, 15) is 4.79 Å². The van der Waals surface area contributed by atoms with Gasteiger partial charge in [-0.05, 0) is 37.5 Å². The molecule has 1 amide bonds. The van der Waals surface area contributed by atoms with Gasteiger partial charge in [-0.2, -0.15) is 0 Å². The molecule has 0 unspecified atom stereocenters. The fourth-order valence-electron chi connectivity index (χ4n) is 3.26. The third-order valence-corrected chi connectivity index (χ3v) is 5.18. The highest BCUT2D eigenvalue weighted by Crippen LogP contribution is 2.44. The number of carbonyl (C=O) groups is 1. The number of hydrogen-bond acceptors (Lipinski definition) is 4. The first-order chi connectivity index (χ1) is 11.7. The molecule has 0 spiro atoms. The Morgan fingerprint density at radius 1 is 1.12 bits per heavy atom. The van der Waals surface area contributed by atoms with E-state index in [-0.39, 0.29) is 12.5 Å². The van der Waals surface area contributed by atoms with Gasteiger partial charge in [-0.3, -0.25) is 4.79 Å². The maximum atomic E-state index is 12.3. The molecular weight excluding hydrogens is 328 g/mol. The van der Waals surface area contributed by atoms with Crippen molar-refractivity contribution in [2.75, 3.05) is 25.1 Å². The topological polar surface area (TPSA) is 59.6 Å². The largest absolute Gasteiger partial charge is 0.490 e. The van der Waals surface area contributed by atoms with Crippen LogP contribution in [0.2, 0.25) is 5.02 Å². The van der Waals surface area contributed by atoms with E-state index in [4.69, 9.17) is 21.1 Å². The van der Waals surface area contributed by atoms with Crippen LogP contribution < -0.4 is 20.1 Å². The number of halogens is 1. The Labute approximate surface area is 147 Å². The smallest absolute Gasteiger partial charge is 0.239 e. The highest BCUT2D eigenvalue weighted by atomic mass is 35.5. The molecule has 0 saturated heterocycles. The summed E-state index contributed by atoms with van der Waals surface area (Å²) in [5.41, 5.74) is 0.700. The number of rotatable bonds is 6. The molecule has 5 nitrogen and oxygen atoms in total. The number of ether oxygens (including phenoxy) is 2. The summed E-state index contributed by atoms with van der Waals surface area (Å²) >= 11 is 6.29. The van der Waals surface area contributed by atoms with Crippen molar-refractivity contribution in [3.63, 3.8) is 0 Å². The Hall–Kier alpha value is -1.62. The average molecular weight is 351 g/mol. The normalized spacial score (nSPS) is 19.8. The van der Waals surface area contributed by atoms with Crippen molar-refractivity contribution in [2.45, 2.75) is 38.1 Å². The molecule has 1 aliphatic heterocycles. The van der Waals surface area contributed by atoms with Crippen molar-refractivity contribution < 1.29 is 14.3 Å². The van der Waals surface area contributed by atoms with Gasteiger partial charge in [0, 0.05) is 24.6 Å². The third-order valence-electron chi connectivity index (χ3n) is 4.86. The van der Waals surface area contributed by atoms with Gasteiger partial charge in [0.25, 0.3) is 0 Å². The molecule has 3 aliphatic rings. The minimum Gasteiger partial charge on any atom is -0.490 e. The van der Waals surface area contributed by atoms with Gasteiger partial charge in [-0.25, -0.2) is 0 Å². The highest BCUT2D eigenvalue weighted by molar-refractivity contribution is 6.33. The zero-order chi connectivity index (χ0) is 16.5. The summed E-state index contributed by atoms with van der Waals surface area (Å²) in [6.07, 6.45) is 5.86. The van der Waals surface area contributed by atoms with E-state index < -0.39 is 0 Å². The van der Waals surface area contributed by atoms with Gasteiger partial charge in [0.05, 0.1) is 30.5 Å². The Morgan fingerprint density at radius 2 is 1.75 bits per heavy atom. The molecular formula is C18H23ClN2O3. The SMILES string of the molecule is O=C(CNc1cc2c(cc1Cl)OCCCO2)NC(C1CC1)C1CC1. The lowest BCUT2D eigenvalue weighted by Gasteiger charge is -2.18. The van der Waals surface area contributed by atoms with E-state index >= 15 is 0 Å². The number of nitrogens with one attached hydrogen (secondary N) is 2. The lowest BCUT2D eigenvalue weighted by molar-refractivity contribution is -0.120. The van der Waals surface area contributed by atoms with E-state index in [1.54, 1.807) is 6.07 Å². The molecule has 2 aliphatic carbocycles. The van der Waals surface area contributed by atoms with Crippen LogP contribution >= 0.6 is 11.6 Å². The van der Waals surface area contributed by atoms with Gasteiger partial charge in [0.1, 0.15) is 0 Å². The van der Waals surface area contributed by atoms with Crippen molar-refractivity contribution in [1.29, 1.82) is 0 Å². The molecule has 0 bridgehead atoms. The Bertz CT molecular complexity index is 617. The molecule has 1 aromatic rings. The number of anilines is 1. The fourth-order valence-corrected chi connectivity index (χ4v) is 3.48. The molecule has 1 heterocycles. The minimum atomic E-state index is 0.0296. The van der Waals surface area contributed by atoms with Gasteiger partial charge in [-0.15, -0.1) is 0 Å². The summed E-state index contributed by atoms with van der Waals surface area (Å²) in [7, 11) is 0. The average Bonchev–Trinajstić information content (AvgIpc) is 3.44. The summed E-state index contributed by atoms with van der Waals surface area (Å²) in [5.74, 6) is 2.76. The zero-order valence-electron chi connectivity index (χ0n) is 13.6. The van der Waals surface area contributed by atoms with Gasteiger partial charge in [0.15, 0.2) is 11.5 Å². The second kappa shape index (κ2) is 6.71. The first kappa shape index (κ1) is 15.9. The minimum absolute atomic E-state index is 0.0296. The molecule has 1 aromatic carbocycles. The highest BCUT2D eigenvalue weighted by Gasteiger charge is 2.42. The van der Waals surface area contributed by atoms with Crippen LogP contribution in [0.25, 0.3) is 0 Å². The van der Waals surface area contributed by atoms with Crippen LogP contribution in [0, 0.1) is 11.8 Å². The van der Waals surface area contributed by atoms with Gasteiger partial charge >= 0.3 is 0 Å². The second-order valence-electron chi connectivity index (χ2n) is 6.95. The molecule has 0 aromatic heterocycles. The summed E-state index contributed by atoms with van der Waals surface area (Å²) < 4.78 is 11.3. The van der Waals surface area contributed by atoms with E-state index in [0.29, 0.717) is 53.3 Å². The van der Waals surface area contributed by atoms with Crippen LogP contribution in [0.5, 0.6) is 11.5 Å². The van der Waals surface area contributed by atoms with Crippen molar-refractivity contribution in [2.24, 2.45) is 11.8 Å². The lowest BCUT2D eigenvalue weighted by atomic mass is 10.1. The fraction of sp³-hybridized carbons (Fsp3) is 0.611. The van der Waals surface area contributed by atoms with Crippen LogP contribution in [-0.2, 0) is 4.79 Å². The first-order valence-electron chi connectivity index (χ1n) is 8.83. The van der Waals surface area contributed by atoms with Crippen LogP contribution in [0.3, 0.4) is 0 Å². The summed E-state index contributed by atoms with van der Waals surface area (Å²) in [5, 5.41) is 6.87. The summed E-state index contributed by atoms with van der Waals surface area (Å²) in [6.45, 7) is 1.47. The quantitative estimate of drug-likeness (QED) is 0.827. The van der Waals surface area contributed by atoms with Crippen molar-refractivity contribution in [3.8, 4) is 11.5 Å². The van der Waals surface area contributed by atoms with E-state index in [0.717, 1.165) is 6.42 Å². The van der Waals surface area contributed by atoms with Crippen LogP contribution in [0.1, 0.15) is 32.1 Å². The zero-order valence-corrected chi connectivity index (χ0v) is 14.4. The Balaban J connectivity index is 1.36. The monoisotopic (exact) mass is 350 g/mol. The molecule has 2 saturated carbocycles. The summed E-state index contributed by atoms with van der Waals surface area (Å²) in [6, 6.07) is 3.94. The molecule has 4 rings (SSSR count). The van der Waals surface area contributed by atoms with Crippen LogP contribution in [0.4, 0.5) is 5.69 Å². The van der Waals surface area contributed by atoms with Gasteiger partial charge < -0.3 is 20.1 Å². The van der Waals surface area contributed by atoms with E-state index in [1.165, 1.54) is 25.7 Å². The van der Waals surface area contributed by atoms with Gasteiger partial charge in [0.2, 0.25) is 5.91 Å². The number of hydrogen-bond donors (Lipinski definition) is 2.